The monoisotopic (exact) mass is 390 g/mol. The zero-order valence-electron chi connectivity index (χ0n) is 16.9. The van der Waals surface area contributed by atoms with E-state index in [2.05, 4.69) is 33.4 Å². The number of hydrogen-bond acceptors (Lipinski definition) is 6. The van der Waals surface area contributed by atoms with E-state index in [4.69, 9.17) is 14.5 Å². The van der Waals surface area contributed by atoms with Crippen LogP contribution in [0, 0.1) is 0 Å². The van der Waals surface area contributed by atoms with Crippen molar-refractivity contribution in [2.24, 2.45) is 0 Å². The molecule has 2 aromatic carbocycles. The first kappa shape index (κ1) is 19.2. The minimum atomic E-state index is 0.620. The number of methoxy groups -OCH3 is 1. The van der Waals surface area contributed by atoms with Gasteiger partial charge in [0.2, 0.25) is 5.95 Å². The topological polar surface area (TPSA) is 59.5 Å². The third kappa shape index (κ3) is 4.84. The molecule has 2 heterocycles. The first-order valence-electron chi connectivity index (χ1n) is 9.93. The van der Waals surface area contributed by atoms with Crippen molar-refractivity contribution in [2.75, 3.05) is 25.6 Å². The summed E-state index contributed by atoms with van der Waals surface area (Å²) in [5.74, 6) is 2.35. The van der Waals surface area contributed by atoms with Gasteiger partial charge in [0, 0.05) is 49.6 Å². The highest BCUT2D eigenvalue weighted by Crippen LogP contribution is 2.23. The Morgan fingerprint density at radius 2 is 1.97 bits per heavy atom. The number of ether oxygens (including phenoxy) is 2. The lowest BCUT2D eigenvalue weighted by atomic mass is 10.1. The molecule has 1 aromatic heterocycles. The number of anilines is 2. The molecule has 0 fully saturated rings. The second-order valence-corrected chi connectivity index (χ2v) is 7.06. The number of benzene rings is 2. The number of aromatic nitrogens is 2. The average Bonchev–Trinajstić information content (AvgIpc) is 2.74. The summed E-state index contributed by atoms with van der Waals surface area (Å²) in [7, 11) is 1.66. The molecule has 0 saturated carbocycles. The second-order valence-electron chi connectivity index (χ2n) is 7.06. The highest BCUT2D eigenvalue weighted by atomic mass is 16.5. The number of fused-ring (bicyclic) bond motifs is 1. The van der Waals surface area contributed by atoms with Gasteiger partial charge >= 0.3 is 0 Å². The van der Waals surface area contributed by atoms with Gasteiger partial charge in [0.25, 0.3) is 0 Å². The van der Waals surface area contributed by atoms with Crippen LogP contribution >= 0.6 is 0 Å². The Labute approximate surface area is 171 Å². The zero-order valence-corrected chi connectivity index (χ0v) is 16.9. The molecule has 0 amide bonds. The van der Waals surface area contributed by atoms with Crippen LogP contribution in [-0.2, 0) is 19.5 Å². The minimum Gasteiger partial charge on any atom is -0.497 e. The quantitative estimate of drug-likeness (QED) is 0.653. The van der Waals surface area contributed by atoms with Crippen molar-refractivity contribution in [3.05, 3.63) is 71.5 Å². The Balaban J connectivity index is 1.42. The van der Waals surface area contributed by atoms with Gasteiger partial charge in [-0.1, -0.05) is 18.2 Å². The number of nitrogens with zero attached hydrogens (tertiary/aromatic N) is 3. The molecule has 0 spiro atoms. The largest absolute Gasteiger partial charge is 0.497 e. The highest BCUT2D eigenvalue weighted by Gasteiger charge is 2.19. The van der Waals surface area contributed by atoms with Crippen LogP contribution in [0.15, 0.2) is 54.7 Å². The molecule has 0 atom stereocenters. The molecule has 0 aliphatic carbocycles. The van der Waals surface area contributed by atoms with E-state index in [9.17, 15) is 0 Å². The van der Waals surface area contributed by atoms with Gasteiger partial charge in [0.1, 0.15) is 11.5 Å². The Morgan fingerprint density at radius 1 is 1.10 bits per heavy atom. The zero-order chi connectivity index (χ0) is 20.1. The predicted molar refractivity (Wildman–Crippen MR) is 114 cm³/mol. The summed E-state index contributed by atoms with van der Waals surface area (Å²) >= 11 is 0. The number of rotatable bonds is 7. The van der Waals surface area contributed by atoms with Crippen LogP contribution < -0.4 is 14.8 Å². The second kappa shape index (κ2) is 8.92. The summed E-state index contributed by atoms with van der Waals surface area (Å²) < 4.78 is 10.9. The first-order chi connectivity index (χ1) is 14.2. The lowest BCUT2D eigenvalue weighted by Crippen LogP contribution is -2.31. The fourth-order valence-corrected chi connectivity index (χ4v) is 3.56. The molecule has 1 aliphatic heterocycles. The molecule has 1 N–H and O–H groups in total. The van der Waals surface area contributed by atoms with Crippen LogP contribution in [0.5, 0.6) is 11.5 Å². The maximum absolute atomic E-state index is 5.62. The van der Waals surface area contributed by atoms with E-state index in [-0.39, 0.29) is 0 Å². The molecule has 3 aromatic rings. The van der Waals surface area contributed by atoms with Crippen molar-refractivity contribution in [3.63, 3.8) is 0 Å². The molecule has 0 unspecified atom stereocenters. The summed E-state index contributed by atoms with van der Waals surface area (Å²) in [6, 6.07) is 16.1. The Bertz CT molecular complexity index is 977. The van der Waals surface area contributed by atoms with E-state index >= 15 is 0 Å². The summed E-state index contributed by atoms with van der Waals surface area (Å²) in [4.78, 5) is 11.7. The molecule has 0 radical (unpaired) electrons. The van der Waals surface area contributed by atoms with E-state index in [0.717, 1.165) is 48.9 Å². The summed E-state index contributed by atoms with van der Waals surface area (Å²) in [6.45, 7) is 5.41. The predicted octanol–water partition coefficient (Wildman–Crippen LogP) is 4.19. The first-order valence-corrected chi connectivity index (χ1v) is 9.93. The van der Waals surface area contributed by atoms with Crippen molar-refractivity contribution in [2.45, 2.75) is 26.4 Å². The fraction of sp³-hybridized carbons (Fsp3) is 0.304. The Kier molecular flexibility index (Phi) is 5.91. The fourth-order valence-electron chi connectivity index (χ4n) is 3.56. The van der Waals surface area contributed by atoms with Gasteiger partial charge in [0.05, 0.1) is 19.4 Å². The SMILES string of the molecule is CCOc1cccc(CN2CCc3nc(Nc4cccc(OC)c4)ncc3C2)c1. The van der Waals surface area contributed by atoms with Gasteiger partial charge in [-0.05, 0) is 36.8 Å². The standard InChI is InChI=1S/C23H26N4O2/c1-3-29-21-9-4-6-17(12-21)15-27-11-10-22-18(16-27)14-24-23(26-22)25-19-7-5-8-20(13-19)28-2/h4-9,12-14H,3,10-11,15-16H2,1-2H3,(H,24,25,26). The molecular weight excluding hydrogens is 364 g/mol. The maximum atomic E-state index is 5.62. The van der Waals surface area contributed by atoms with Crippen molar-refractivity contribution in [3.8, 4) is 11.5 Å². The molecule has 29 heavy (non-hydrogen) atoms. The normalized spacial score (nSPS) is 13.6. The third-order valence-electron chi connectivity index (χ3n) is 4.95. The third-order valence-corrected chi connectivity index (χ3v) is 4.95. The molecule has 6 heteroatoms. The molecule has 6 nitrogen and oxygen atoms in total. The van der Waals surface area contributed by atoms with Gasteiger partial charge in [-0.15, -0.1) is 0 Å². The van der Waals surface area contributed by atoms with Crippen LogP contribution in [-0.4, -0.2) is 35.1 Å². The van der Waals surface area contributed by atoms with E-state index < -0.39 is 0 Å². The van der Waals surface area contributed by atoms with Gasteiger partial charge in [-0.2, -0.15) is 0 Å². The lowest BCUT2D eigenvalue weighted by molar-refractivity contribution is 0.242. The van der Waals surface area contributed by atoms with Crippen LogP contribution in [0.2, 0.25) is 0 Å². The molecule has 150 valence electrons. The van der Waals surface area contributed by atoms with Crippen LogP contribution in [0.4, 0.5) is 11.6 Å². The summed E-state index contributed by atoms with van der Waals surface area (Å²) in [5.41, 5.74) is 4.48. The van der Waals surface area contributed by atoms with Gasteiger partial charge in [-0.25, -0.2) is 9.97 Å². The van der Waals surface area contributed by atoms with Gasteiger partial charge in [0.15, 0.2) is 0 Å². The van der Waals surface area contributed by atoms with E-state index in [1.165, 1.54) is 11.1 Å². The van der Waals surface area contributed by atoms with E-state index in [1.54, 1.807) is 7.11 Å². The molecule has 0 bridgehead atoms. The maximum Gasteiger partial charge on any atom is 0.227 e. The highest BCUT2D eigenvalue weighted by molar-refractivity contribution is 5.56. The summed E-state index contributed by atoms with van der Waals surface area (Å²) in [5, 5.41) is 3.27. The average molecular weight is 390 g/mol. The van der Waals surface area contributed by atoms with Gasteiger partial charge in [-0.3, -0.25) is 4.90 Å². The van der Waals surface area contributed by atoms with Crippen molar-refractivity contribution < 1.29 is 9.47 Å². The van der Waals surface area contributed by atoms with Crippen LogP contribution in [0.3, 0.4) is 0 Å². The molecular formula is C23H26N4O2. The Hall–Kier alpha value is -3.12. The Morgan fingerprint density at radius 3 is 2.83 bits per heavy atom. The van der Waals surface area contributed by atoms with Gasteiger partial charge < -0.3 is 14.8 Å². The lowest BCUT2D eigenvalue weighted by Gasteiger charge is -2.28. The van der Waals surface area contributed by atoms with Crippen molar-refractivity contribution in [1.82, 2.24) is 14.9 Å². The molecule has 1 aliphatic rings. The summed E-state index contributed by atoms with van der Waals surface area (Å²) in [6.07, 6.45) is 2.85. The smallest absolute Gasteiger partial charge is 0.227 e. The minimum absolute atomic E-state index is 0.620. The van der Waals surface area contributed by atoms with E-state index in [1.807, 2.05) is 43.5 Å². The number of nitrogens with one attached hydrogen (secondary N) is 1. The number of hydrogen-bond donors (Lipinski definition) is 1. The molecule has 0 saturated heterocycles. The van der Waals surface area contributed by atoms with E-state index in [0.29, 0.717) is 12.6 Å². The van der Waals surface area contributed by atoms with Crippen LogP contribution in [0.25, 0.3) is 0 Å². The van der Waals surface area contributed by atoms with Crippen LogP contribution in [0.1, 0.15) is 23.7 Å². The van der Waals surface area contributed by atoms with Crippen molar-refractivity contribution in [1.29, 1.82) is 0 Å². The molecule has 4 rings (SSSR count). The van der Waals surface area contributed by atoms with Crippen molar-refractivity contribution >= 4 is 11.6 Å².